The summed E-state index contributed by atoms with van der Waals surface area (Å²) < 4.78 is 1.05. The molecule has 2 unspecified atom stereocenters. The van der Waals surface area contributed by atoms with Crippen molar-refractivity contribution in [1.29, 1.82) is 0 Å². The van der Waals surface area contributed by atoms with Gasteiger partial charge in [0.05, 0.1) is 0 Å². The van der Waals surface area contributed by atoms with E-state index in [1.165, 1.54) is 17.7 Å². The molecular formula is C16H18BrNO2. The summed E-state index contributed by atoms with van der Waals surface area (Å²) in [5.74, 6) is 0.341. The van der Waals surface area contributed by atoms with E-state index >= 15 is 0 Å². The molecule has 0 saturated carbocycles. The summed E-state index contributed by atoms with van der Waals surface area (Å²) in [7, 11) is 0. The van der Waals surface area contributed by atoms with Crippen LogP contribution in [0.25, 0.3) is 0 Å². The molecule has 20 heavy (non-hydrogen) atoms. The maximum absolute atomic E-state index is 9.87. The van der Waals surface area contributed by atoms with E-state index in [0.29, 0.717) is 5.56 Å². The first kappa shape index (κ1) is 14.9. The first-order chi connectivity index (χ1) is 9.47. The second kappa shape index (κ2) is 6.29. The van der Waals surface area contributed by atoms with Gasteiger partial charge in [0.15, 0.2) is 0 Å². The second-order valence-corrected chi connectivity index (χ2v) is 5.82. The van der Waals surface area contributed by atoms with Gasteiger partial charge in [0.2, 0.25) is 0 Å². The maximum Gasteiger partial charge on any atom is 0.120 e. The van der Waals surface area contributed by atoms with Gasteiger partial charge in [-0.15, -0.1) is 0 Å². The van der Waals surface area contributed by atoms with Gasteiger partial charge >= 0.3 is 0 Å². The highest BCUT2D eigenvalue weighted by atomic mass is 79.9. The Morgan fingerprint density at radius 2 is 1.60 bits per heavy atom. The van der Waals surface area contributed by atoms with E-state index in [-0.39, 0.29) is 23.6 Å². The summed E-state index contributed by atoms with van der Waals surface area (Å²) in [6.07, 6.45) is 0. The molecule has 0 heterocycles. The zero-order chi connectivity index (χ0) is 14.7. The molecule has 0 saturated heterocycles. The molecule has 2 atom stereocenters. The lowest BCUT2D eigenvalue weighted by Crippen LogP contribution is -2.22. The molecule has 3 N–H and O–H groups in total. The molecule has 0 fully saturated rings. The average Bonchev–Trinajstić information content (AvgIpc) is 2.42. The molecule has 0 bridgehead atoms. The largest absolute Gasteiger partial charge is 0.508 e. The number of hydrogen-bond donors (Lipinski definition) is 3. The Kier molecular flexibility index (Phi) is 4.68. The lowest BCUT2D eigenvalue weighted by Gasteiger charge is -2.21. The minimum absolute atomic E-state index is 0.0688. The highest BCUT2D eigenvalue weighted by Gasteiger charge is 2.14. The van der Waals surface area contributed by atoms with Gasteiger partial charge in [0.1, 0.15) is 11.5 Å². The topological polar surface area (TPSA) is 52.5 Å². The molecule has 0 aliphatic rings. The Morgan fingerprint density at radius 1 is 0.950 bits per heavy atom. The number of hydrogen-bond acceptors (Lipinski definition) is 3. The van der Waals surface area contributed by atoms with Crippen molar-refractivity contribution < 1.29 is 10.2 Å². The molecule has 0 spiro atoms. The number of halogens is 1. The van der Waals surface area contributed by atoms with Crippen molar-refractivity contribution >= 4 is 15.9 Å². The molecular weight excluding hydrogens is 318 g/mol. The third-order valence-electron chi connectivity index (χ3n) is 3.35. The molecule has 0 aromatic heterocycles. The Hall–Kier alpha value is -1.52. The summed E-state index contributed by atoms with van der Waals surface area (Å²) in [5, 5.41) is 22.8. The lowest BCUT2D eigenvalue weighted by atomic mass is 10.0. The quantitative estimate of drug-likeness (QED) is 0.731. The SMILES string of the molecule is CC(NC(C)c1cc(O)ccc1O)c1ccc(Br)cc1. The van der Waals surface area contributed by atoms with E-state index < -0.39 is 0 Å². The zero-order valence-corrected chi connectivity index (χ0v) is 13.1. The predicted molar refractivity (Wildman–Crippen MR) is 83.9 cm³/mol. The summed E-state index contributed by atoms with van der Waals surface area (Å²) in [5.41, 5.74) is 1.86. The van der Waals surface area contributed by atoms with Crippen molar-refractivity contribution in [3.63, 3.8) is 0 Å². The summed E-state index contributed by atoms with van der Waals surface area (Å²) in [4.78, 5) is 0. The minimum atomic E-state index is -0.0688. The van der Waals surface area contributed by atoms with Crippen LogP contribution in [0.2, 0.25) is 0 Å². The molecule has 0 aliphatic carbocycles. The van der Waals surface area contributed by atoms with Crippen LogP contribution < -0.4 is 5.32 Å². The van der Waals surface area contributed by atoms with Crippen LogP contribution in [-0.4, -0.2) is 10.2 Å². The van der Waals surface area contributed by atoms with Crippen molar-refractivity contribution in [3.8, 4) is 11.5 Å². The number of phenolic OH excluding ortho intramolecular Hbond substituents is 2. The van der Waals surface area contributed by atoms with Gasteiger partial charge in [-0.3, -0.25) is 0 Å². The monoisotopic (exact) mass is 335 g/mol. The Morgan fingerprint density at radius 3 is 2.25 bits per heavy atom. The van der Waals surface area contributed by atoms with Crippen LogP contribution in [0.1, 0.15) is 37.1 Å². The third-order valence-corrected chi connectivity index (χ3v) is 3.88. The Labute approximate surface area is 127 Å². The van der Waals surface area contributed by atoms with E-state index in [0.717, 1.165) is 4.47 Å². The fourth-order valence-electron chi connectivity index (χ4n) is 2.20. The summed E-state index contributed by atoms with van der Waals surface area (Å²) >= 11 is 3.42. The Balaban J connectivity index is 2.12. The first-order valence-corrected chi connectivity index (χ1v) is 7.30. The van der Waals surface area contributed by atoms with Crippen LogP contribution in [0.15, 0.2) is 46.9 Å². The summed E-state index contributed by atoms with van der Waals surface area (Å²) in [6, 6.07) is 12.8. The molecule has 2 aromatic carbocycles. The standard InChI is InChI=1S/C16H18BrNO2/c1-10(12-3-5-13(17)6-4-12)18-11(2)15-9-14(19)7-8-16(15)20/h3-11,18-20H,1-2H3. The van der Waals surface area contributed by atoms with Gasteiger partial charge in [-0.1, -0.05) is 28.1 Å². The smallest absolute Gasteiger partial charge is 0.120 e. The van der Waals surface area contributed by atoms with E-state index in [2.05, 4.69) is 40.3 Å². The fourth-order valence-corrected chi connectivity index (χ4v) is 2.47. The number of nitrogens with one attached hydrogen (secondary N) is 1. The van der Waals surface area contributed by atoms with Crippen LogP contribution in [0.5, 0.6) is 11.5 Å². The maximum atomic E-state index is 9.87. The molecule has 0 amide bonds. The molecule has 0 aliphatic heterocycles. The van der Waals surface area contributed by atoms with E-state index in [1.54, 1.807) is 6.07 Å². The molecule has 0 radical (unpaired) electrons. The minimum Gasteiger partial charge on any atom is -0.508 e. The highest BCUT2D eigenvalue weighted by molar-refractivity contribution is 9.10. The van der Waals surface area contributed by atoms with Gasteiger partial charge in [0, 0.05) is 22.1 Å². The average molecular weight is 336 g/mol. The van der Waals surface area contributed by atoms with Gasteiger partial charge in [-0.25, -0.2) is 0 Å². The molecule has 2 aromatic rings. The van der Waals surface area contributed by atoms with Gasteiger partial charge in [0.25, 0.3) is 0 Å². The van der Waals surface area contributed by atoms with E-state index in [9.17, 15) is 10.2 Å². The van der Waals surface area contributed by atoms with E-state index in [1.807, 2.05) is 19.1 Å². The fraction of sp³-hybridized carbons (Fsp3) is 0.250. The van der Waals surface area contributed by atoms with Crippen molar-refractivity contribution in [2.24, 2.45) is 0 Å². The van der Waals surface area contributed by atoms with Crippen LogP contribution in [0.3, 0.4) is 0 Å². The molecule has 4 heteroatoms. The van der Waals surface area contributed by atoms with E-state index in [4.69, 9.17) is 0 Å². The lowest BCUT2D eigenvalue weighted by molar-refractivity contribution is 0.429. The van der Waals surface area contributed by atoms with Crippen LogP contribution in [0.4, 0.5) is 0 Å². The van der Waals surface area contributed by atoms with Crippen LogP contribution in [-0.2, 0) is 0 Å². The van der Waals surface area contributed by atoms with Crippen molar-refractivity contribution in [2.45, 2.75) is 25.9 Å². The first-order valence-electron chi connectivity index (χ1n) is 6.50. The predicted octanol–water partition coefficient (Wildman–Crippen LogP) is 4.27. The number of aromatic hydroxyl groups is 2. The van der Waals surface area contributed by atoms with Gasteiger partial charge < -0.3 is 15.5 Å². The van der Waals surface area contributed by atoms with Crippen molar-refractivity contribution in [2.75, 3.05) is 0 Å². The second-order valence-electron chi connectivity index (χ2n) is 4.90. The highest BCUT2D eigenvalue weighted by Crippen LogP contribution is 2.29. The zero-order valence-electron chi connectivity index (χ0n) is 11.5. The number of rotatable bonds is 4. The normalized spacial score (nSPS) is 13.9. The molecule has 3 nitrogen and oxygen atoms in total. The van der Waals surface area contributed by atoms with Gasteiger partial charge in [-0.05, 0) is 49.7 Å². The van der Waals surface area contributed by atoms with Gasteiger partial charge in [-0.2, -0.15) is 0 Å². The Bertz CT molecular complexity index is 584. The molecule has 106 valence electrons. The van der Waals surface area contributed by atoms with Crippen LogP contribution >= 0.6 is 15.9 Å². The molecule has 2 rings (SSSR count). The van der Waals surface area contributed by atoms with Crippen LogP contribution in [0, 0.1) is 0 Å². The van der Waals surface area contributed by atoms with Crippen molar-refractivity contribution in [3.05, 3.63) is 58.1 Å². The summed E-state index contributed by atoms with van der Waals surface area (Å²) in [6.45, 7) is 4.03. The number of phenols is 2. The number of benzene rings is 2. The van der Waals surface area contributed by atoms with Crippen molar-refractivity contribution in [1.82, 2.24) is 5.32 Å². The third kappa shape index (κ3) is 3.52.